The molecule has 0 unspecified atom stereocenters. The molecule has 0 radical (unpaired) electrons. The summed E-state index contributed by atoms with van der Waals surface area (Å²) in [5, 5.41) is 6.93. The Morgan fingerprint density at radius 3 is 2.20 bits per heavy atom. The molecular formula is C40H30N2OS. The van der Waals surface area contributed by atoms with Crippen molar-refractivity contribution < 1.29 is 4.42 Å². The number of thiazole rings is 1. The van der Waals surface area contributed by atoms with Crippen molar-refractivity contribution in [2.45, 2.75) is 26.2 Å². The van der Waals surface area contributed by atoms with Gasteiger partial charge in [0.05, 0.1) is 15.9 Å². The van der Waals surface area contributed by atoms with E-state index in [0.717, 1.165) is 54.3 Å². The fourth-order valence-corrected chi connectivity index (χ4v) is 7.04. The minimum Gasteiger partial charge on any atom is -0.456 e. The summed E-state index contributed by atoms with van der Waals surface area (Å²) in [5.41, 5.74) is 7.10. The number of hydrogen-bond donors (Lipinski definition) is 0. The first-order valence-corrected chi connectivity index (χ1v) is 15.7. The van der Waals surface area contributed by atoms with Gasteiger partial charge in [-0.3, -0.25) is 4.99 Å². The van der Waals surface area contributed by atoms with Crippen LogP contribution in [0.4, 0.5) is 5.69 Å². The second-order valence-corrected chi connectivity index (χ2v) is 13.3. The summed E-state index contributed by atoms with van der Waals surface area (Å²) in [5.74, 6) is 0.841. The molecule has 0 aliphatic heterocycles. The second kappa shape index (κ2) is 10.3. The first-order valence-electron chi connectivity index (χ1n) is 14.9. The molecule has 8 aromatic rings. The van der Waals surface area contributed by atoms with Gasteiger partial charge in [0.15, 0.2) is 0 Å². The Hall–Kier alpha value is -5.06. The van der Waals surface area contributed by atoms with Crippen molar-refractivity contribution in [1.82, 2.24) is 4.98 Å². The molecule has 0 spiro atoms. The second-order valence-electron chi connectivity index (χ2n) is 12.3. The lowest BCUT2D eigenvalue weighted by atomic mass is 9.85. The quantitative estimate of drug-likeness (QED) is 0.152. The van der Waals surface area contributed by atoms with Crippen molar-refractivity contribution in [1.29, 1.82) is 0 Å². The Morgan fingerprint density at radius 2 is 1.39 bits per heavy atom. The summed E-state index contributed by atoms with van der Waals surface area (Å²) in [6.45, 7) is 6.75. The molecule has 0 aliphatic carbocycles. The molecule has 0 amide bonds. The van der Waals surface area contributed by atoms with Crippen molar-refractivity contribution in [2.24, 2.45) is 4.99 Å². The topological polar surface area (TPSA) is 38.4 Å². The van der Waals surface area contributed by atoms with Crippen LogP contribution in [0.3, 0.4) is 0 Å². The van der Waals surface area contributed by atoms with Crippen molar-refractivity contribution in [3.8, 4) is 21.9 Å². The fourth-order valence-electron chi connectivity index (χ4n) is 5.98. The Labute approximate surface area is 260 Å². The Bertz CT molecular complexity index is 2350. The van der Waals surface area contributed by atoms with Crippen LogP contribution in [-0.2, 0) is 5.41 Å². The maximum Gasteiger partial charge on any atom is 0.137 e. The molecule has 0 fully saturated rings. The van der Waals surface area contributed by atoms with Crippen LogP contribution in [0, 0.1) is 0 Å². The van der Waals surface area contributed by atoms with Crippen LogP contribution >= 0.6 is 11.3 Å². The number of benzene rings is 6. The van der Waals surface area contributed by atoms with Crippen LogP contribution in [0.1, 0.15) is 31.9 Å². The number of furan rings is 1. The van der Waals surface area contributed by atoms with E-state index in [-0.39, 0.29) is 5.41 Å². The predicted molar refractivity (Wildman–Crippen MR) is 188 cm³/mol. The summed E-state index contributed by atoms with van der Waals surface area (Å²) in [6.07, 6.45) is 2.00. The van der Waals surface area contributed by atoms with Crippen LogP contribution in [0.2, 0.25) is 0 Å². The molecule has 0 N–H and O–H groups in total. The number of aromatic nitrogens is 1. The average Bonchev–Trinajstić information content (AvgIpc) is 3.68. The number of para-hydroxylation sites is 2. The van der Waals surface area contributed by atoms with Gasteiger partial charge in [-0.15, -0.1) is 11.3 Å². The molecule has 0 saturated carbocycles. The molecule has 44 heavy (non-hydrogen) atoms. The summed E-state index contributed by atoms with van der Waals surface area (Å²) >= 11 is 1.71. The smallest absolute Gasteiger partial charge is 0.137 e. The van der Waals surface area contributed by atoms with E-state index in [1.807, 2.05) is 30.5 Å². The monoisotopic (exact) mass is 586 g/mol. The molecule has 2 aromatic heterocycles. The van der Waals surface area contributed by atoms with E-state index in [0.29, 0.717) is 0 Å². The zero-order chi connectivity index (χ0) is 29.8. The SMILES string of the molecule is CC(C)(C)c1cc(-c2cc3ccccc3o2)c2nc(-c3ccccc3N=Cc3cc4ccccc4c4ccccc34)sc2c1. The van der Waals surface area contributed by atoms with Crippen molar-refractivity contribution >= 4 is 66.0 Å². The van der Waals surface area contributed by atoms with Gasteiger partial charge >= 0.3 is 0 Å². The van der Waals surface area contributed by atoms with Gasteiger partial charge in [0.25, 0.3) is 0 Å². The Balaban J connectivity index is 1.27. The normalized spacial score (nSPS) is 12.3. The first-order chi connectivity index (χ1) is 21.4. The molecule has 0 saturated heterocycles. The summed E-state index contributed by atoms with van der Waals surface area (Å²) in [7, 11) is 0. The fraction of sp³-hybridized carbons (Fsp3) is 0.100. The van der Waals surface area contributed by atoms with Gasteiger partial charge < -0.3 is 4.42 Å². The third kappa shape index (κ3) is 4.59. The zero-order valence-corrected chi connectivity index (χ0v) is 25.7. The van der Waals surface area contributed by atoms with Gasteiger partial charge in [-0.25, -0.2) is 4.98 Å². The molecule has 0 aliphatic rings. The van der Waals surface area contributed by atoms with E-state index in [9.17, 15) is 0 Å². The summed E-state index contributed by atoms with van der Waals surface area (Å²) in [6, 6.07) is 42.4. The number of aliphatic imine (C=N–C) groups is 1. The largest absolute Gasteiger partial charge is 0.456 e. The molecule has 4 heteroatoms. The highest BCUT2D eigenvalue weighted by molar-refractivity contribution is 7.21. The zero-order valence-electron chi connectivity index (χ0n) is 24.8. The first kappa shape index (κ1) is 26.6. The molecule has 2 heterocycles. The van der Waals surface area contributed by atoms with Gasteiger partial charge in [0.2, 0.25) is 0 Å². The van der Waals surface area contributed by atoms with E-state index in [1.165, 1.54) is 27.1 Å². The number of hydrogen-bond acceptors (Lipinski definition) is 4. The van der Waals surface area contributed by atoms with E-state index in [4.69, 9.17) is 14.4 Å². The third-order valence-corrected chi connectivity index (χ3v) is 9.36. The highest BCUT2D eigenvalue weighted by atomic mass is 32.1. The number of fused-ring (bicyclic) bond motifs is 5. The van der Waals surface area contributed by atoms with Crippen molar-refractivity contribution in [3.63, 3.8) is 0 Å². The maximum atomic E-state index is 6.36. The number of rotatable bonds is 4. The molecule has 0 bridgehead atoms. The predicted octanol–water partition coefficient (Wildman–Crippen LogP) is 11.7. The maximum absolute atomic E-state index is 6.36. The Kier molecular flexibility index (Phi) is 6.21. The van der Waals surface area contributed by atoms with Gasteiger partial charge in [0, 0.05) is 28.3 Å². The summed E-state index contributed by atoms with van der Waals surface area (Å²) < 4.78 is 7.50. The van der Waals surface area contributed by atoms with Crippen molar-refractivity contribution in [3.05, 3.63) is 132 Å². The standard InChI is InChI=1S/C40H30N2OS/c1-40(2,3)28-22-33(36-21-26-13-5-11-19-35(26)43-36)38-37(23-28)44-39(42-38)32-17-9-10-18-34(32)41-24-27-20-25-12-4-6-14-29(25)31-16-8-7-15-30(27)31/h4-24H,1-3H3. The lowest BCUT2D eigenvalue weighted by molar-refractivity contribution is 0.590. The molecule has 6 aromatic carbocycles. The highest BCUT2D eigenvalue weighted by Crippen LogP contribution is 2.42. The van der Waals surface area contributed by atoms with Gasteiger partial charge in [-0.2, -0.15) is 0 Å². The minimum atomic E-state index is -0.0239. The van der Waals surface area contributed by atoms with E-state index < -0.39 is 0 Å². The van der Waals surface area contributed by atoms with Gasteiger partial charge in [-0.05, 0) is 75.0 Å². The molecule has 0 atom stereocenters. The van der Waals surface area contributed by atoms with E-state index in [1.54, 1.807) is 11.3 Å². The van der Waals surface area contributed by atoms with Crippen LogP contribution in [-0.4, -0.2) is 11.2 Å². The van der Waals surface area contributed by atoms with Crippen LogP contribution in [0.5, 0.6) is 0 Å². The van der Waals surface area contributed by atoms with Gasteiger partial charge in [0.1, 0.15) is 16.4 Å². The summed E-state index contributed by atoms with van der Waals surface area (Å²) in [4.78, 5) is 10.3. The van der Waals surface area contributed by atoms with Crippen LogP contribution in [0.15, 0.2) is 131 Å². The lowest BCUT2D eigenvalue weighted by Gasteiger charge is -2.19. The molecular weight excluding hydrogens is 557 g/mol. The van der Waals surface area contributed by atoms with Crippen LogP contribution in [0.25, 0.3) is 64.6 Å². The van der Waals surface area contributed by atoms with Crippen LogP contribution < -0.4 is 0 Å². The third-order valence-electron chi connectivity index (χ3n) is 8.33. The van der Waals surface area contributed by atoms with Gasteiger partial charge in [-0.1, -0.05) is 99.6 Å². The van der Waals surface area contributed by atoms with E-state index >= 15 is 0 Å². The molecule has 3 nitrogen and oxygen atoms in total. The molecule has 8 rings (SSSR count). The van der Waals surface area contributed by atoms with Crippen molar-refractivity contribution in [2.75, 3.05) is 0 Å². The highest BCUT2D eigenvalue weighted by Gasteiger charge is 2.22. The molecule has 212 valence electrons. The Morgan fingerprint density at radius 1 is 0.682 bits per heavy atom. The lowest BCUT2D eigenvalue weighted by Crippen LogP contribution is -2.10. The number of nitrogens with zero attached hydrogens (tertiary/aromatic N) is 2. The average molecular weight is 587 g/mol. The van der Waals surface area contributed by atoms with E-state index in [2.05, 4.69) is 118 Å². The minimum absolute atomic E-state index is 0.0239.